The fourth-order valence-electron chi connectivity index (χ4n) is 2.05. The number of para-hydroxylation sites is 1. The van der Waals surface area contributed by atoms with Crippen LogP contribution in [0.1, 0.15) is 21.5 Å². The van der Waals surface area contributed by atoms with Crippen LogP contribution in [0.4, 0.5) is 5.69 Å². The van der Waals surface area contributed by atoms with E-state index in [1.807, 2.05) is 19.9 Å². The van der Waals surface area contributed by atoms with Crippen molar-refractivity contribution in [2.75, 3.05) is 0 Å². The minimum Gasteiger partial charge on any atom is -0.478 e. The Morgan fingerprint density at radius 3 is 2.33 bits per heavy atom. The maximum absolute atomic E-state index is 11.2. The van der Waals surface area contributed by atoms with Crippen molar-refractivity contribution in [1.82, 2.24) is 0 Å². The molecule has 0 atom stereocenters. The monoisotopic (exact) mass is 287 g/mol. The summed E-state index contributed by atoms with van der Waals surface area (Å²) in [4.78, 5) is 21.6. The molecule has 0 fully saturated rings. The molecule has 0 amide bonds. The fraction of sp³-hybridized carbons (Fsp3) is 0.133. The molecule has 21 heavy (non-hydrogen) atoms. The zero-order valence-corrected chi connectivity index (χ0v) is 11.5. The third-order valence-electron chi connectivity index (χ3n) is 2.84. The highest BCUT2D eigenvalue weighted by Gasteiger charge is 2.23. The molecule has 0 aliphatic rings. The van der Waals surface area contributed by atoms with Gasteiger partial charge in [-0.3, -0.25) is 10.1 Å². The van der Waals surface area contributed by atoms with Crippen LogP contribution in [0.2, 0.25) is 0 Å². The quantitative estimate of drug-likeness (QED) is 0.684. The molecule has 108 valence electrons. The van der Waals surface area contributed by atoms with E-state index in [2.05, 4.69) is 0 Å². The SMILES string of the molecule is Cc1cc(C)cc(Oc2c(C(=O)O)cccc2[N+](=O)[O-])c1. The predicted molar refractivity (Wildman–Crippen MR) is 76.0 cm³/mol. The van der Waals surface area contributed by atoms with Crippen LogP contribution < -0.4 is 4.74 Å². The molecule has 1 N–H and O–H groups in total. The maximum atomic E-state index is 11.2. The summed E-state index contributed by atoms with van der Waals surface area (Å²) in [6, 6.07) is 9.10. The van der Waals surface area contributed by atoms with E-state index < -0.39 is 10.9 Å². The maximum Gasteiger partial charge on any atom is 0.339 e. The normalized spacial score (nSPS) is 10.2. The van der Waals surface area contributed by atoms with Gasteiger partial charge in [-0.25, -0.2) is 4.79 Å². The molecule has 0 spiro atoms. The van der Waals surface area contributed by atoms with Crippen molar-refractivity contribution >= 4 is 11.7 Å². The Labute approximate surface area is 120 Å². The fourth-order valence-corrected chi connectivity index (χ4v) is 2.05. The number of carboxylic acid groups (broad SMARTS) is 1. The van der Waals surface area contributed by atoms with E-state index in [0.29, 0.717) is 5.75 Å². The molecular formula is C15H13NO5. The van der Waals surface area contributed by atoms with Crippen LogP contribution >= 0.6 is 0 Å². The molecule has 0 bridgehead atoms. The molecule has 0 aliphatic heterocycles. The van der Waals surface area contributed by atoms with Crippen molar-refractivity contribution in [3.05, 3.63) is 63.2 Å². The number of ether oxygens (including phenoxy) is 1. The van der Waals surface area contributed by atoms with Crippen LogP contribution in [0.15, 0.2) is 36.4 Å². The van der Waals surface area contributed by atoms with Gasteiger partial charge in [-0.15, -0.1) is 0 Å². The molecule has 0 saturated heterocycles. The van der Waals surface area contributed by atoms with E-state index in [9.17, 15) is 14.9 Å². The van der Waals surface area contributed by atoms with Crippen LogP contribution in [0.3, 0.4) is 0 Å². The van der Waals surface area contributed by atoms with Gasteiger partial charge in [0.05, 0.1) is 4.92 Å². The summed E-state index contributed by atoms with van der Waals surface area (Å²) in [5.41, 5.74) is 1.21. The summed E-state index contributed by atoms with van der Waals surface area (Å²) in [5, 5.41) is 20.2. The molecular weight excluding hydrogens is 274 g/mol. The second-order valence-corrected chi connectivity index (χ2v) is 4.64. The lowest BCUT2D eigenvalue weighted by Crippen LogP contribution is -2.03. The number of hydrogen-bond donors (Lipinski definition) is 1. The highest BCUT2D eigenvalue weighted by molar-refractivity contribution is 5.92. The molecule has 6 heteroatoms. The summed E-state index contributed by atoms with van der Waals surface area (Å²) in [6.07, 6.45) is 0. The van der Waals surface area contributed by atoms with Gasteiger partial charge >= 0.3 is 11.7 Å². The number of aryl methyl sites for hydroxylation is 2. The van der Waals surface area contributed by atoms with Crippen LogP contribution in [-0.2, 0) is 0 Å². The first kappa shape index (κ1) is 14.5. The molecule has 6 nitrogen and oxygen atoms in total. The summed E-state index contributed by atoms with van der Waals surface area (Å²) in [7, 11) is 0. The Kier molecular flexibility index (Phi) is 3.89. The first-order valence-electron chi connectivity index (χ1n) is 6.15. The second-order valence-electron chi connectivity index (χ2n) is 4.64. The summed E-state index contributed by atoms with van der Waals surface area (Å²) in [5.74, 6) is -1.18. The zero-order chi connectivity index (χ0) is 15.6. The third kappa shape index (κ3) is 3.17. The Morgan fingerprint density at radius 1 is 1.19 bits per heavy atom. The number of nitrogens with zero attached hydrogens (tertiary/aromatic N) is 1. The van der Waals surface area contributed by atoms with Gasteiger partial charge in [0.1, 0.15) is 11.3 Å². The van der Waals surface area contributed by atoms with Crippen molar-refractivity contribution in [2.24, 2.45) is 0 Å². The van der Waals surface area contributed by atoms with Crippen LogP contribution in [0, 0.1) is 24.0 Å². The van der Waals surface area contributed by atoms with Gasteiger partial charge < -0.3 is 9.84 Å². The predicted octanol–water partition coefficient (Wildman–Crippen LogP) is 3.70. The van der Waals surface area contributed by atoms with Gasteiger partial charge in [0, 0.05) is 6.07 Å². The van der Waals surface area contributed by atoms with Gasteiger partial charge in [0.25, 0.3) is 0 Å². The smallest absolute Gasteiger partial charge is 0.339 e. The second kappa shape index (κ2) is 5.62. The van der Waals surface area contributed by atoms with Gasteiger partial charge in [-0.2, -0.15) is 0 Å². The molecule has 0 radical (unpaired) electrons. The number of nitro benzene ring substituents is 1. The lowest BCUT2D eigenvalue weighted by Gasteiger charge is -2.10. The summed E-state index contributed by atoms with van der Waals surface area (Å²) in [6.45, 7) is 3.72. The molecule has 2 aromatic carbocycles. The number of nitro groups is 1. The number of hydrogen-bond acceptors (Lipinski definition) is 4. The van der Waals surface area contributed by atoms with Crippen LogP contribution in [0.25, 0.3) is 0 Å². The molecule has 0 aliphatic carbocycles. The molecule has 0 aromatic heterocycles. The molecule has 0 heterocycles. The third-order valence-corrected chi connectivity index (χ3v) is 2.84. The van der Waals surface area contributed by atoms with Gasteiger partial charge in [-0.05, 0) is 43.2 Å². The van der Waals surface area contributed by atoms with E-state index in [0.717, 1.165) is 11.1 Å². The minimum atomic E-state index is -1.28. The number of carbonyl (C=O) groups is 1. The number of carboxylic acids is 1. The lowest BCUT2D eigenvalue weighted by atomic mass is 10.1. The highest BCUT2D eigenvalue weighted by atomic mass is 16.6. The van der Waals surface area contributed by atoms with Crippen molar-refractivity contribution in [3.8, 4) is 11.5 Å². The first-order valence-corrected chi connectivity index (χ1v) is 6.15. The Morgan fingerprint density at radius 2 is 1.81 bits per heavy atom. The standard InChI is InChI=1S/C15H13NO5/c1-9-6-10(2)8-11(7-9)21-14-12(15(17)18)4-3-5-13(14)16(19)20/h3-8H,1-2H3,(H,17,18). The van der Waals surface area contributed by atoms with Crippen LogP contribution in [0.5, 0.6) is 11.5 Å². The zero-order valence-electron chi connectivity index (χ0n) is 11.5. The first-order chi connectivity index (χ1) is 9.88. The van der Waals surface area contributed by atoms with E-state index >= 15 is 0 Å². The average molecular weight is 287 g/mol. The average Bonchev–Trinajstić information content (AvgIpc) is 2.37. The summed E-state index contributed by atoms with van der Waals surface area (Å²) >= 11 is 0. The van der Waals surface area contributed by atoms with E-state index in [-0.39, 0.29) is 17.0 Å². The van der Waals surface area contributed by atoms with E-state index in [1.165, 1.54) is 18.2 Å². The van der Waals surface area contributed by atoms with Crippen molar-refractivity contribution in [2.45, 2.75) is 13.8 Å². The number of rotatable bonds is 4. The van der Waals surface area contributed by atoms with Crippen LogP contribution in [-0.4, -0.2) is 16.0 Å². The lowest BCUT2D eigenvalue weighted by molar-refractivity contribution is -0.385. The van der Waals surface area contributed by atoms with Gasteiger partial charge in [0.2, 0.25) is 5.75 Å². The van der Waals surface area contributed by atoms with Crippen molar-refractivity contribution in [3.63, 3.8) is 0 Å². The van der Waals surface area contributed by atoms with Gasteiger partial charge in [0.15, 0.2) is 0 Å². The van der Waals surface area contributed by atoms with E-state index in [1.54, 1.807) is 12.1 Å². The van der Waals surface area contributed by atoms with E-state index in [4.69, 9.17) is 9.84 Å². The Bertz CT molecular complexity index is 671. The highest BCUT2D eigenvalue weighted by Crippen LogP contribution is 2.35. The van der Waals surface area contributed by atoms with Gasteiger partial charge in [-0.1, -0.05) is 12.1 Å². The Hall–Kier alpha value is -2.89. The number of aromatic carboxylic acids is 1. The molecule has 2 rings (SSSR count). The van der Waals surface area contributed by atoms with Crippen molar-refractivity contribution in [1.29, 1.82) is 0 Å². The largest absolute Gasteiger partial charge is 0.478 e. The van der Waals surface area contributed by atoms with Crippen molar-refractivity contribution < 1.29 is 19.6 Å². The summed E-state index contributed by atoms with van der Waals surface area (Å²) < 4.78 is 5.50. The molecule has 0 saturated carbocycles. The topological polar surface area (TPSA) is 89.7 Å². The number of benzene rings is 2. The molecule has 0 unspecified atom stereocenters. The Balaban J connectivity index is 2.56. The minimum absolute atomic E-state index is 0.247. The molecule has 2 aromatic rings.